The summed E-state index contributed by atoms with van der Waals surface area (Å²) < 4.78 is 71.3. The summed E-state index contributed by atoms with van der Waals surface area (Å²) in [5, 5.41) is 0. The van der Waals surface area contributed by atoms with Crippen molar-refractivity contribution in [1.29, 1.82) is 0 Å². The first-order chi connectivity index (χ1) is 14.9. The smallest absolute Gasteiger partial charge is 0.243 e. The summed E-state index contributed by atoms with van der Waals surface area (Å²) in [7, 11) is -7.49. The molecule has 0 atom stereocenters. The van der Waals surface area contributed by atoms with Crippen LogP contribution in [-0.2, 0) is 26.5 Å². The third-order valence-corrected chi connectivity index (χ3v) is 9.44. The molecule has 0 aromatic heterocycles. The maximum absolute atomic E-state index is 13.1. The lowest BCUT2D eigenvalue weighted by Crippen LogP contribution is -2.50. The summed E-state index contributed by atoms with van der Waals surface area (Å²) >= 11 is 0. The van der Waals surface area contributed by atoms with Gasteiger partial charge in [-0.25, -0.2) is 16.8 Å². The number of rotatable bonds is 4. The van der Waals surface area contributed by atoms with E-state index in [9.17, 15) is 16.8 Å². The van der Waals surface area contributed by atoms with Crippen molar-refractivity contribution in [3.05, 3.63) is 42.0 Å². The van der Waals surface area contributed by atoms with Gasteiger partial charge in [0, 0.05) is 38.7 Å². The van der Waals surface area contributed by atoms with E-state index in [4.69, 9.17) is 14.2 Å². The lowest BCUT2D eigenvalue weighted by molar-refractivity contribution is 0.171. The van der Waals surface area contributed by atoms with Crippen LogP contribution >= 0.6 is 0 Å². The van der Waals surface area contributed by atoms with Crippen LogP contribution in [0.5, 0.6) is 17.2 Å². The minimum Gasteiger partial charge on any atom is -0.493 e. The van der Waals surface area contributed by atoms with E-state index in [1.807, 2.05) is 0 Å². The summed E-state index contributed by atoms with van der Waals surface area (Å²) in [5.41, 5.74) is 0.876. The number of ether oxygens (including phenoxy) is 3. The highest BCUT2D eigenvalue weighted by molar-refractivity contribution is 7.89. The van der Waals surface area contributed by atoms with Crippen LogP contribution in [0.25, 0.3) is 0 Å². The molecule has 0 radical (unpaired) electrons. The fraction of sp³-hybridized carbons (Fsp3) is 0.400. The first-order valence-corrected chi connectivity index (χ1v) is 12.9. The van der Waals surface area contributed by atoms with E-state index in [-0.39, 0.29) is 36.0 Å². The molecule has 166 valence electrons. The van der Waals surface area contributed by atoms with E-state index in [1.165, 1.54) is 26.8 Å². The van der Waals surface area contributed by atoms with Gasteiger partial charge in [0.2, 0.25) is 20.0 Å². The van der Waals surface area contributed by atoms with Gasteiger partial charge in [0.1, 0.15) is 19.0 Å². The third kappa shape index (κ3) is 3.65. The molecule has 0 spiro atoms. The van der Waals surface area contributed by atoms with Crippen molar-refractivity contribution in [1.82, 2.24) is 8.61 Å². The number of fused-ring (bicyclic) bond motifs is 2. The van der Waals surface area contributed by atoms with Crippen LogP contribution in [0.15, 0.2) is 46.2 Å². The highest BCUT2D eigenvalue weighted by Crippen LogP contribution is 2.34. The number of sulfonamides is 2. The maximum Gasteiger partial charge on any atom is 0.243 e. The molecular weight excluding hydrogens is 444 g/mol. The van der Waals surface area contributed by atoms with Crippen LogP contribution < -0.4 is 14.2 Å². The molecule has 0 aliphatic carbocycles. The van der Waals surface area contributed by atoms with Crippen molar-refractivity contribution in [3.63, 3.8) is 0 Å². The Morgan fingerprint density at radius 1 is 0.613 bits per heavy atom. The standard InChI is InChI=1S/C20H22N2O7S2/c23-30(24,16-1-3-18-15(13-16)5-10-27-18)21-6-8-22(9-7-21)31(25,26)17-2-4-19-20(14-17)29-12-11-28-19/h1-4,13-14H,5-12H2. The Morgan fingerprint density at radius 3 is 1.77 bits per heavy atom. The second-order valence-corrected chi connectivity index (χ2v) is 11.4. The molecule has 3 aliphatic heterocycles. The Hall–Kier alpha value is -2.34. The Bertz CT molecular complexity index is 1220. The van der Waals surface area contributed by atoms with Crippen LogP contribution in [0.4, 0.5) is 0 Å². The molecular formula is C20H22N2O7S2. The van der Waals surface area contributed by atoms with Gasteiger partial charge in [-0.15, -0.1) is 0 Å². The first-order valence-electron chi connectivity index (χ1n) is 10.0. The topological polar surface area (TPSA) is 102 Å². The first kappa shape index (κ1) is 20.6. The second kappa shape index (κ2) is 7.66. The molecule has 0 saturated carbocycles. The SMILES string of the molecule is O=S(=O)(c1ccc2c(c1)CCO2)N1CCN(S(=O)(=O)c2ccc3c(c2)OCCO3)CC1. The number of hydrogen-bond acceptors (Lipinski definition) is 7. The molecule has 5 rings (SSSR count). The predicted molar refractivity (Wildman–Crippen MR) is 111 cm³/mol. The summed E-state index contributed by atoms with van der Waals surface area (Å²) in [6.07, 6.45) is 0.681. The van der Waals surface area contributed by atoms with Gasteiger partial charge in [-0.05, 0) is 35.9 Å². The molecule has 3 aliphatic rings. The van der Waals surface area contributed by atoms with Gasteiger partial charge in [-0.2, -0.15) is 8.61 Å². The average molecular weight is 467 g/mol. The Balaban J connectivity index is 1.32. The van der Waals surface area contributed by atoms with Crippen molar-refractivity contribution in [2.75, 3.05) is 46.0 Å². The second-order valence-electron chi connectivity index (χ2n) is 7.48. The molecule has 0 bridgehead atoms. The molecule has 0 unspecified atom stereocenters. The quantitative estimate of drug-likeness (QED) is 0.665. The number of hydrogen-bond donors (Lipinski definition) is 0. The molecule has 0 amide bonds. The third-order valence-electron chi connectivity index (χ3n) is 5.65. The van der Waals surface area contributed by atoms with E-state index in [0.717, 1.165) is 5.56 Å². The molecule has 2 aromatic carbocycles. The van der Waals surface area contributed by atoms with Crippen LogP contribution in [0.1, 0.15) is 5.56 Å². The monoisotopic (exact) mass is 466 g/mol. The zero-order valence-corrected chi connectivity index (χ0v) is 18.3. The van der Waals surface area contributed by atoms with E-state index in [0.29, 0.717) is 43.5 Å². The van der Waals surface area contributed by atoms with E-state index in [1.54, 1.807) is 18.2 Å². The number of piperazine rings is 1. The number of benzene rings is 2. The van der Waals surface area contributed by atoms with E-state index < -0.39 is 20.0 Å². The summed E-state index contributed by atoms with van der Waals surface area (Å²) in [5.74, 6) is 1.63. The van der Waals surface area contributed by atoms with Gasteiger partial charge < -0.3 is 14.2 Å². The van der Waals surface area contributed by atoms with Crippen molar-refractivity contribution in [3.8, 4) is 17.2 Å². The van der Waals surface area contributed by atoms with Crippen molar-refractivity contribution in [2.24, 2.45) is 0 Å². The van der Waals surface area contributed by atoms with Crippen molar-refractivity contribution in [2.45, 2.75) is 16.2 Å². The van der Waals surface area contributed by atoms with Gasteiger partial charge >= 0.3 is 0 Å². The zero-order valence-electron chi connectivity index (χ0n) is 16.7. The summed E-state index contributed by atoms with van der Waals surface area (Å²) in [6.45, 7) is 1.65. The highest BCUT2D eigenvalue weighted by Gasteiger charge is 2.34. The van der Waals surface area contributed by atoms with Crippen LogP contribution in [0.3, 0.4) is 0 Å². The van der Waals surface area contributed by atoms with E-state index >= 15 is 0 Å². The minimum atomic E-state index is -3.78. The molecule has 9 nitrogen and oxygen atoms in total. The molecule has 11 heteroatoms. The normalized spacial score (nSPS) is 19.6. The lowest BCUT2D eigenvalue weighted by atomic mass is 10.2. The van der Waals surface area contributed by atoms with Crippen LogP contribution in [-0.4, -0.2) is 71.4 Å². The van der Waals surface area contributed by atoms with Crippen molar-refractivity contribution >= 4 is 20.0 Å². The van der Waals surface area contributed by atoms with Gasteiger partial charge in [0.05, 0.1) is 16.4 Å². The molecule has 0 N–H and O–H groups in total. The van der Waals surface area contributed by atoms with Crippen LogP contribution in [0.2, 0.25) is 0 Å². The highest BCUT2D eigenvalue weighted by atomic mass is 32.2. The van der Waals surface area contributed by atoms with Crippen LogP contribution in [0, 0.1) is 0 Å². The van der Waals surface area contributed by atoms with Gasteiger partial charge in [-0.3, -0.25) is 0 Å². The van der Waals surface area contributed by atoms with Gasteiger partial charge in [0.25, 0.3) is 0 Å². The molecule has 2 aromatic rings. The number of nitrogens with zero attached hydrogens (tertiary/aromatic N) is 2. The minimum absolute atomic E-state index is 0.0735. The van der Waals surface area contributed by atoms with Gasteiger partial charge in [0.15, 0.2) is 11.5 Å². The largest absolute Gasteiger partial charge is 0.493 e. The zero-order chi connectivity index (χ0) is 21.6. The van der Waals surface area contributed by atoms with E-state index in [2.05, 4.69) is 0 Å². The lowest BCUT2D eigenvalue weighted by Gasteiger charge is -2.33. The fourth-order valence-corrected chi connectivity index (χ4v) is 6.87. The Morgan fingerprint density at radius 2 is 1.13 bits per heavy atom. The molecule has 1 saturated heterocycles. The molecule has 31 heavy (non-hydrogen) atoms. The fourth-order valence-electron chi connectivity index (χ4n) is 3.96. The van der Waals surface area contributed by atoms with Crippen molar-refractivity contribution < 1.29 is 31.0 Å². The molecule has 1 fully saturated rings. The average Bonchev–Trinajstić information content (AvgIpc) is 3.27. The Kier molecular flexibility index (Phi) is 5.08. The predicted octanol–water partition coefficient (Wildman–Crippen LogP) is 1.09. The summed E-state index contributed by atoms with van der Waals surface area (Å²) in [6, 6.07) is 9.39. The maximum atomic E-state index is 13.1. The molecule has 3 heterocycles. The Labute approximate surface area is 181 Å². The summed E-state index contributed by atoms with van der Waals surface area (Å²) in [4.78, 5) is 0.312. The van der Waals surface area contributed by atoms with Gasteiger partial charge in [-0.1, -0.05) is 0 Å².